The number of carbonyl (C=O) groups is 1. The molecule has 21 heavy (non-hydrogen) atoms. The molecule has 0 radical (unpaired) electrons. The highest BCUT2D eigenvalue weighted by molar-refractivity contribution is 5.75. The standard InChI is InChI=1S/C15H19F3N2O/c16-15(17,18)13-4-2-1-3-12(13)10-20-14(21)6-5-11-7-8-19-9-11/h1-4,11,19H,5-10H2,(H,20,21)/t11-/m0/s1. The molecule has 1 aliphatic heterocycles. The van der Waals surface area contributed by atoms with Crippen molar-refractivity contribution in [2.24, 2.45) is 5.92 Å². The number of alkyl halides is 3. The van der Waals surface area contributed by atoms with E-state index >= 15 is 0 Å². The first kappa shape index (κ1) is 15.8. The van der Waals surface area contributed by atoms with Crippen molar-refractivity contribution < 1.29 is 18.0 Å². The van der Waals surface area contributed by atoms with E-state index in [4.69, 9.17) is 0 Å². The Hall–Kier alpha value is -1.56. The van der Waals surface area contributed by atoms with E-state index in [-0.39, 0.29) is 18.0 Å². The van der Waals surface area contributed by atoms with Gasteiger partial charge >= 0.3 is 6.18 Å². The molecule has 0 saturated carbocycles. The van der Waals surface area contributed by atoms with Crippen molar-refractivity contribution in [3.05, 3.63) is 35.4 Å². The van der Waals surface area contributed by atoms with Gasteiger partial charge in [-0.05, 0) is 43.5 Å². The molecular weight excluding hydrogens is 281 g/mol. The SMILES string of the molecule is O=C(CC[C@H]1CCNC1)NCc1ccccc1C(F)(F)F. The number of benzene rings is 1. The van der Waals surface area contributed by atoms with Gasteiger partial charge in [-0.25, -0.2) is 0 Å². The first-order valence-corrected chi connectivity index (χ1v) is 7.09. The normalized spacial score (nSPS) is 18.7. The van der Waals surface area contributed by atoms with Crippen molar-refractivity contribution >= 4 is 5.91 Å². The second-order valence-corrected chi connectivity index (χ2v) is 5.33. The van der Waals surface area contributed by atoms with Crippen molar-refractivity contribution in [1.82, 2.24) is 10.6 Å². The average molecular weight is 300 g/mol. The number of carbonyl (C=O) groups excluding carboxylic acids is 1. The van der Waals surface area contributed by atoms with Gasteiger partial charge in [0.05, 0.1) is 5.56 Å². The van der Waals surface area contributed by atoms with E-state index in [0.29, 0.717) is 12.3 Å². The molecule has 0 unspecified atom stereocenters. The molecule has 6 heteroatoms. The van der Waals surface area contributed by atoms with Gasteiger partial charge in [-0.3, -0.25) is 4.79 Å². The Balaban J connectivity index is 1.83. The van der Waals surface area contributed by atoms with E-state index < -0.39 is 11.7 Å². The Labute approximate surface area is 121 Å². The van der Waals surface area contributed by atoms with Crippen molar-refractivity contribution in [2.75, 3.05) is 13.1 Å². The first-order chi connectivity index (χ1) is 9.97. The summed E-state index contributed by atoms with van der Waals surface area (Å²) in [6, 6.07) is 5.32. The van der Waals surface area contributed by atoms with Crippen molar-refractivity contribution in [3.8, 4) is 0 Å². The number of amides is 1. The fourth-order valence-electron chi connectivity index (χ4n) is 2.53. The molecular formula is C15H19F3N2O. The van der Waals surface area contributed by atoms with Crippen LogP contribution < -0.4 is 10.6 Å². The molecule has 116 valence electrons. The Bertz CT molecular complexity index is 482. The largest absolute Gasteiger partial charge is 0.416 e. The number of hydrogen-bond acceptors (Lipinski definition) is 2. The molecule has 0 bridgehead atoms. The van der Waals surface area contributed by atoms with Crippen LogP contribution in [0.3, 0.4) is 0 Å². The molecule has 1 amide bonds. The topological polar surface area (TPSA) is 41.1 Å². The maximum Gasteiger partial charge on any atom is 0.416 e. The van der Waals surface area contributed by atoms with E-state index in [1.807, 2.05) is 0 Å². The van der Waals surface area contributed by atoms with Gasteiger partial charge in [0.1, 0.15) is 0 Å². The lowest BCUT2D eigenvalue weighted by Gasteiger charge is -2.13. The molecule has 2 rings (SSSR count). The molecule has 1 aliphatic rings. The molecule has 1 aromatic carbocycles. The first-order valence-electron chi connectivity index (χ1n) is 7.09. The summed E-state index contributed by atoms with van der Waals surface area (Å²) >= 11 is 0. The van der Waals surface area contributed by atoms with Crippen LogP contribution in [0.1, 0.15) is 30.4 Å². The Morgan fingerprint density at radius 1 is 1.33 bits per heavy atom. The van der Waals surface area contributed by atoms with Gasteiger partial charge in [0.25, 0.3) is 0 Å². The van der Waals surface area contributed by atoms with E-state index in [1.54, 1.807) is 6.07 Å². The Morgan fingerprint density at radius 3 is 2.76 bits per heavy atom. The van der Waals surface area contributed by atoms with Crippen LogP contribution >= 0.6 is 0 Å². The number of halogens is 3. The number of nitrogens with one attached hydrogen (secondary N) is 2. The summed E-state index contributed by atoms with van der Waals surface area (Å²) in [7, 11) is 0. The molecule has 1 heterocycles. The zero-order valence-corrected chi connectivity index (χ0v) is 11.7. The molecule has 2 N–H and O–H groups in total. The molecule has 0 aromatic heterocycles. The van der Waals surface area contributed by atoms with Crippen LogP contribution in [0.15, 0.2) is 24.3 Å². The third kappa shape index (κ3) is 4.74. The molecule has 1 fully saturated rings. The second-order valence-electron chi connectivity index (χ2n) is 5.33. The van der Waals surface area contributed by atoms with Crippen LogP contribution in [-0.4, -0.2) is 19.0 Å². The molecule has 3 nitrogen and oxygen atoms in total. The third-order valence-electron chi connectivity index (χ3n) is 3.74. The quantitative estimate of drug-likeness (QED) is 0.878. The minimum absolute atomic E-state index is 0.0859. The average Bonchev–Trinajstić information content (AvgIpc) is 2.95. The van der Waals surface area contributed by atoms with Gasteiger partial charge < -0.3 is 10.6 Å². The van der Waals surface area contributed by atoms with Crippen LogP contribution in [-0.2, 0) is 17.5 Å². The van der Waals surface area contributed by atoms with Crippen LogP contribution in [0.25, 0.3) is 0 Å². The highest BCUT2D eigenvalue weighted by atomic mass is 19.4. The van der Waals surface area contributed by atoms with Gasteiger partial charge in [0, 0.05) is 13.0 Å². The molecule has 1 saturated heterocycles. The summed E-state index contributed by atoms with van der Waals surface area (Å²) in [6.07, 6.45) is -2.19. The summed E-state index contributed by atoms with van der Waals surface area (Å²) in [5.41, 5.74) is -0.592. The number of rotatable bonds is 5. The fourth-order valence-corrected chi connectivity index (χ4v) is 2.53. The number of hydrogen-bond donors (Lipinski definition) is 2. The summed E-state index contributed by atoms with van der Waals surface area (Å²) in [5, 5.41) is 5.80. The lowest BCUT2D eigenvalue weighted by molar-refractivity contribution is -0.138. The highest BCUT2D eigenvalue weighted by Crippen LogP contribution is 2.31. The Morgan fingerprint density at radius 2 is 2.10 bits per heavy atom. The van der Waals surface area contributed by atoms with Gasteiger partial charge in [0.2, 0.25) is 5.91 Å². The van der Waals surface area contributed by atoms with Crippen molar-refractivity contribution in [1.29, 1.82) is 0 Å². The summed E-state index contributed by atoms with van der Waals surface area (Å²) in [4.78, 5) is 11.7. The zero-order chi connectivity index (χ0) is 15.3. The molecule has 1 atom stereocenters. The van der Waals surface area contributed by atoms with E-state index in [9.17, 15) is 18.0 Å². The summed E-state index contributed by atoms with van der Waals surface area (Å²) in [5.74, 6) is 0.303. The van der Waals surface area contributed by atoms with Crippen molar-refractivity contribution in [3.63, 3.8) is 0 Å². The molecule has 0 spiro atoms. The van der Waals surface area contributed by atoms with Gasteiger partial charge in [-0.1, -0.05) is 18.2 Å². The fraction of sp³-hybridized carbons (Fsp3) is 0.533. The van der Waals surface area contributed by atoms with Gasteiger partial charge in [-0.2, -0.15) is 13.2 Å². The zero-order valence-electron chi connectivity index (χ0n) is 11.7. The predicted molar refractivity (Wildman–Crippen MR) is 73.5 cm³/mol. The Kier molecular flexibility index (Phi) is 5.22. The summed E-state index contributed by atoms with van der Waals surface area (Å²) in [6.45, 7) is 1.81. The second kappa shape index (κ2) is 6.93. The third-order valence-corrected chi connectivity index (χ3v) is 3.74. The highest BCUT2D eigenvalue weighted by Gasteiger charge is 2.32. The summed E-state index contributed by atoms with van der Waals surface area (Å²) < 4.78 is 38.4. The van der Waals surface area contributed by atoms with E-state index in [2.05, 4.69) is 10.6 Å². The predicted octanol–water partition coefficient (Wildman–Crippen LogP) is 2.71. The van der Waals surface area contributed by atoms with Gasteiger partial charge in [0.15, 0.2) is 0 Å². The lowest BCUT2D eigenvalue weighted by atomic mass is 10.0. The van der Waals surface area contributed by atoms with Gasteiger partial charge in [-0.15, -0.1) is 0 Å². The smallest absolute Gasteiger partial charge is 0.352 e. The monoisotopic (exact) mass is 300 g/mol. The van der Waals surface area contributed by atoms with Crippen molar-refractivity contribution in [2.45, 2.75) is 32.0 Å². The minimum Gasteiger partial charge on any atom is -0.352 e. The van der Waals surface area contributed by atoms with E-state index in [1.165, 1.54) is 12.1 Å². The maximum atomic E-state index is 12.8. The molecule has 1 aromatic rings. The minimum atomic E-state index is -4.39. The van der Waals surface area contributed by atoms with Crippen LogP contribution in [0, 0.1) is 5.92 Å². The van der Waals surface area contributed by atoms with Crippen LogP contribution in [0.2, 0.25) is 0 Å². The van der Waals surface area contributed by atoms with Crippen LogP contribution in [0.5, 0.6) is 0 Å². The lowest BCUT2D eigenvalue weighted by Crippen LogP contribution is -2.25. The molecule has 0 aliphatic carbocycles. The van der Waals surface area contributed by atoms with E-state index in [0.717, 1.165) is 32.0 Å². The maximum absolute atomic E-state index is 12.8. The van der Waals surface area contributed by atoms with Crippen LogP contribution in [0.4, 0.5) is 13.2 Å².